The van der Waals surface area contributed by atoms with Crippen molar-refractivity contribution in [1.82, 2.24) is 14.8 Å². The lowest BCUT2D eigenvalue weighted by Gasteiger charge is -2.35. The second kappa shape index (κ2) is 9.07. The number of carbonyl (C=O) groups is 2. The maximum Gasteiger partial charge on any atom is 0.290 e. The van der Waals surface area contributed by atoms with E-state index >= 15 is 0 Å². The van der Waals surface area contributed by atoms with Crippen LogP contribution in [0.4, 0.5) is 8.78 Å². The Morgan fingerprint density at radius 3 is 2.14 bits per heavy atom. The molecule has 1 aliphatic heterocycles. The van der Waals surface area contributed by atoms with Crippen molar-refractivity contribution < 1.29 is 18.4 Å². The molecule has 0 saturated carbocycles. The largest absolute Gasteiger partial charge is 0.335 e. The van der Waals surface area contributed by atoms with Gasteiger partial charge in [0.15, 0.2) is 0 Å². The highest BCUT2D eigenvalue weighted by Crippen LogP contribution is 2.28. The molecule has 28 heavy (non-hydrogen) atoms. The van der Waals surface area contributed by atoms with Gasteiger partial charge in [-0.25, -0.2) is 4.98 Å². The van der Waals surface area contributed by atoms with Crippen molar-refractivity contribution in [2.24, 2.45) is 0 Å². The number of nitrogens with zero attached hydrogens (tertiary/aromatic N) is 3. The maximum absolute atomic E-state index is 12.7. The monoisotopic (exact) mass is 445 g/mol. The Labute approximate surface area is 174 Å². The van der Waals surface area contributed by atoms with E-state index in [-0.39, 0.29) is 52.3 Å². The van der Waals surface area contributed by atoms with Gasteiger partial charge in [0.05, 0.1) is 21.2 Å². The van der Waals surface area contributed by atoms with Gasteiger partial charge in [0, 0.05) is 32.4 Å². The topological polar surface area (TPSA) is 53.5 Å². The van der Waals surface area contributed by atoms with Gasteiger partial charge in [-0.15, -0.1) is 0 Å². The van der Waals surface area contributed by atoms with E-state index < -0.39 is 5.76 Å². The van der Waals surface area contributed by atoms with E-state index in [1.807, 2.05) is 0 Å². The lowest BCUT2D eigenvalue weighted by atomic mass is 10.1. The van der Waals surface area contributed by atoms with Crippen LogP contribution in [0.15, 0.2) is 41.6 Å². The number of benzene rings is 1. The first-order valence-corrected chi connectivity index (χ1v) is 9.94. The fraction of sp³-hybridized carbons (Fsp3) is 0.278. The first kappa shape index (κ1) is 20.8. The third kappa shape index (κ3) is 4.56. The molecule has 2 amide bonds. The zero-order chi connectivity index (χ0) is 20.3. The molecule has 0 bridgehead atoms. The summed E-state index contributed by atoms with van der Waals surface area (Å²) in [6.07, 6.45) is 1.37. The summed E-state index contributed by atoms with van der Waals surface area (Å²) >= 11 is 12.3. The van der Waals surface area contributed by atoms with Crippen LogP contribution in [-0.4, -0.2) is 58.5 Å². The van der Waals surface area contributed by atoms with Gasteiger partial charge < -0.3 is 9.80 Å². The van der Waals surface area contributed by atoms with Crippen molar-refractivity contribution in [3.63, 3.8) is 0 Å². The van der Waals surface area contributed by atoms with E-state index in [4.69, 9.17) is 23.2 Å². The summed E-state index contributed by atoms with van der Waals surface area (Å²) in [6.45, 7) is 1.14. The molecule has 0 aliphatic carbocycles. The second-order valence-electron chi connectivity index (χ2n) is 5.92. The number of hydrogen-bond acceptors (Lipinski definition) is 4. The smallest absolute Gasteiger partial charge is 0.290 e. The number of piperazine rings is 1. The third-order valence-electron chi connectivity index (χ3n) is 4.24. The fourth-order valence-electron chi connectivity index (χ4n) is 2.85. The van der Waals surface area contributed by atoms with Crippen molar-refractivity contribution >= 4 is 46.8 Å². The van der Waals surface area contributed by atoms with Gasteiger partial charge in [-0.3, -0.25) is 9.59 Å². The standard InChI is InChI=1S/C18H15Cl2F2N3O2S/c19-13-5-1-3-11(14(13)20)16(26)24-7-9-25(10-8-24)17(27)12-4-2-6-23-15(12)28-18(21)22/h1-6,18H,7-10H2. The van der Waals surface area contributed by atoms with Gasteiger partial charge in [-0.05, 0) is 36.0 Å². The molecule has 0 radical (unpaired) electrons. The Balaban J connectivity index is 1.68. The van der Waals surface area contributed by atoms with Crippen molar-refractivity contribution in [1.29, 1.82) is 0 Å². The zero-order valence-electron chi connectivity index (χ0n) is 14.4. The molecular formula is C18H15Cl2F2N3O2S. The van der Waals surface area contributed by atoms with Gasteiger partial charge in [-0.2, -0.15) is 8.78 Å². The van der Waals surface area contributed by atoms with Crippen molar-refractivity contribution in [3.05, 3.63) is 57.7 Å². The zero-order valence-corrected chi connectivity index (χ0v) is 16.8. The van der Waals surface area contributed by atoms with Gasteiger partial charge in [0.25, 0.3) is 17.6 Å². The van der Waals surface area contributed by atoms with Crippen molar-refractivity contribution in [2.45, 2.75) is 10.8 Å². The number of pyridine rings is 1. The Bertz CT molecular complexity index is 893. The van der Waals surface area contributed by atoms with Crippen LogP contribution in [0.5, 0.6) is 0 Å². The summed E-state index contributed by atoms with van der Waals surface area (Å²) in [5.74, 6) is -3.32. The van der Waals surface area contributed by atoms with Gasteiger partial charge in [-0.1, -0.05) is 29.3 Å². The van der Waals surface area contributed by atoms with Crippen LogP contribution in [0, 0.1) is 0 Å². The normalized spacial score (nSPS) is 14.5. The van der Waals surface area contributed by atoms with E-state index in [1.54, 1.807) is 23.1 Å². The molecule has 0 atom stereocenters. The van der Waals surface area contributed by atoms with Gasteiger partial charge in [0.1, 0.15) is 5.03 Å². The minimum atomic E-state index is -2.67. The van der Waals surface area contributed by atoms with E-state index in [2.05, 4.69) is 4.98 Å². The lowest BCUT2D eigenvalue weighted by Crippen LogP contribution is -2.50. The Hall–Kier alpha value is -1.90. The lowest BCUT2D eigenvalue weighted by molar-refractivity contribution is 0.0533. The number of amides is 2. The van der Waals surface area contributed by atoms with Gasteiger partial charge >= 0.3 is 0 Å². The number of carbonyl (C=O) groups excluding carboxylic acids is 2. The molecule has 0 unspecified atom stereocenters. The third-order valence-corrected chi connectivity index (χ3v) is 5.78. The molecule has 1 aromatic carbocycles. The number of hydrogen-bond donors (Lipinski definition) is 0. The predicted molar refractivity (Wildman–Crippen MR) is 104 cm³/mol. The Morgan fingerprint density at radius 2 is 1.54 bits per heavy atom. The molecular weight excluding hydrogens is 431 g/mol. The molecule has 2 heterocycles. The average molecular weight is 446 g/mol. The van der Waals surface area contributed by atoms with Crippen molar-refractivity contribution in [3.8, 4) is 0 Å². The van der Waals surface area contributed by atoms with E-state index in [1.165, 1.54) is 23.2 Å². The number of halogens is 4. The molecule has 1 fully saturated rings. The van der Waals surface area contributed by atoms with Crippen LogP contribution >= 0.6 is 35.0 Å². The van der Waals surface area contributed by atoms with Crippen LogP contribution in [-0.2, 0) is 0 Å². The summed E-state index contributed by atoms with van der Waals surface area (Å²) in [7, 11) is 0. The predicted octanol–water partition coefficient (Wildman–Crippen LogP) is 4.30. The van der Waals surface area contributed by atoms with E-state index in [0.29, 0.717) is 23.7 Å². The Morgan fingerprint density at radius 1 is 0.964 bits per heavy atom. The van der Waals surface area contributed by atoms with Crippen molar-refractivity contribution in [2.75, 3.05) is 26.2 Å². The fourth-order valence-corrected chi connectivity index (χ4v) is 3.81. The average Bonchev–Trinajstić information content (AvgIpc) is 2.69. The summed E-state index contributed by atoms with van der Waals surface area (Å²) in [5.41, 5.74) is 0.433. The van der Waals surface area contributed by atoms with E-state index in [0.717, 1.165) is 0 Å². The SMILES string of the molecule is O=C(c1cccnc1SC(F)F)N1CCN(C(=O)c2cccc(Cl)c2Cl)CC1. The van der Waals surface area contributed by atoms with Crippen LogP contribution in [0.3, 0.4) is 0 Å². The highest BCUT2D eigenvalue weighted by Gasteiger charge is 2.28. The van der Waals surface area contributed by atoms with E-state index in [9.17, 15) is 18.4 Å². The summed E-state index contributed by atoms with van der Waals surface area (Å²) in [6, 6.07) is 7.84. The highest BCUT2D eigenvalue weighted by atomic mass is 35.5. The highest BCUT2D eigenvalue weighted by molar-refractivity contribution is 7.99. The summed E-state index contributed by atoms with van der Waals surface area (Å²) in [5, 5.41) is 0.477. The molecule has 1 aromatic heterocycles. The molecule has 3 rings (SSSR count). The molecule has 1 saturated heterocycles. The Kier molecular flexibility index (Phi) is 6.74. The quantitative estimate of drug-likeness (QED) is 0.658. The number of thioether (sulfide) groups is 1. The van der Waals surface area contributed by atoms with Crippen LogP contribution in [0.1, 0.15) is 20.7 Å². The van der Waals surface area contributed by atoms with Crippen LogP contribution in [0.2, 0.25) is 10.0 Å². The molecule has 0 spiro atoms. The van der Waals surface area contributed by atoms with Gasteiger partial charge in [0.2, 0.25) is 0 Å². The molecule has 10 heteroatoms. The number of alkyl halides is 2. The first-order valence-electron chi connectivity index (χ1n) is 8.31. The molecule has 2 aromatic rings. The number of aromatic nitrogens is 1. The van der Waals surface area contributed by atoms with Crippen LogP contribution in [0.25, 0.3) is 0 Å². The summed E-state index contributed by atoms with van der Waals surface area (Å²) < 4.78 is 25.4. The molecule has 5 nitrogen and oxygen atoms in total. The van der Waals surface area contributed by atoms with Crippen LogP contribution < -0.4 is 0 Å². The molecule has 1 aliphatic rings. The minimum Gasteiger partial charge on any atom is -0.335 e. The molecule has 0 N–H and O–H groups in total. The minimum absolute atomic E-state index is 0.00767. The first-order chi connectivity index (χ1) is 13.4. The maximum atomic E-state index is 12.7. The summed E-state index contributed by atoms with van der Waals surface area (Å²) in [4.78, 5) is 32.4. The second-order valence-corrected chi connectivity index (χ2v) is 7.68. The number of rotatable bonds is 4. The molecule has 148 valence electrons.